The number of anilines is 1. The molecule has 0 spiro atoms. The second-order valence-corrected chi connectivity index (χ2v) is 9.30. The molecule has 1 aromatic carbocycles. The van der Waals surface area contributed by atoms with E-state index >= 15 is 0 Å². The zero-order chi connectivity index (χ0) is 25.1. The fourth-order valence-electron chi connectivity index (χ4n) is 3.46. The summed E-state index contributed by atoms with van der Waals surface area (Å²) in [4.78, 5) is 8.04. The Labute approximate surface area is 204 Å². The number of nitrogens with zero attached hydrogens (tertiary/aromatic N) is 5. The van der Waals surface area contributed by atoms with Crippen molar-refractivity contribution in [2.24, 2.45) is 0 Å². The van der Waals surface area contributed by atoms with E-state index < -0.39 is 22.4 Å². The van der Waals surface area contributed by atoms with E-state index in [0.717, 1.165) is 12.4 Å². The van der Waals surface area contributed by atoms with Crippen molar-refractivity contribution >= 4 is 17.3 Å². The van der Waals surface area contributed by atoms with Crippen molar-refractivity contribution in [3.05, 3.63) is 60.1 Å². The number of aryl methyl sites for hydroxylation is 1. The number of rotatable bonds is 9. The molecule has 3 heterocycles. The second kappa shape index (κ2) is 10.3. The van der Waals surface area contributed by atoms with Crippen LogP contribution in [0.2, 0.25) is 0 Å². The number of methoxy groups -OCH3 is 2. The summed E-state index contributed by atoms with van der Waals surface area (Å²) in [7, 11) is 3.08. The van der Waals surface area contributed by atoms with E-state index in [1.807, 2.05) is 19.9 Å². The lowest BCUT2D eigenvalue weighted by atomic mass is 10.1. The topological polar surface area (TPSA) is 123 Å². The summed E-state index contributed by atoms with van der Waals surface area (Å²) < 4.78 is 48.1. The lowest BCUT2D eigenvalue weighted by Gasteiger charge is -2.23. The highest BCUT2D eigenvalue weighted by atomic mass is 32.2. The van der Waals surface area contributed by atoms with Crippen molar-refractivity contribution in [2.75, 3.05) is 18.9 Å². The number of hydrogen-bond acceptors (Lipinski definition) is 9. The first kappa shape index (κ1) is 24.5. The highest BCUT2D eigenvalue weighted by Gasteiger charge is 2.32. The van der Waals surface area contributed by atoms with Crippen LogP contribution >= 0.6 is 0 Å². The Morgan fingerprint density at radius 2 is 1.71 bits per heavy atom. The van der Waals surface area contributed by atoms with Crippen molar-refractivity contribution < 1.29 is 22.8 Å². The van der Waals surface area contributed by atoms with Crippen LogP contribution in [0.3, 0.4) is 0 Å². The number of para-hydroxylation sites is 1. The molecular formula is C23H25FN6O4S. The Morgan fingerprint density at radius 3 is 2.29 bits per heavy atom. The van der Waals surface area contributed by atoms with Gasteiger partial charge in [-0.3, -0.25) is 0 Å². The van der Waals surface area contributed by atoms with E-state index in [0.29, 0.717) is 40.4 Å². The molecule has 0 aliphatic rings. The average Bonchev–Trinajstić information content (AvgIpc) is 3.48. The van der Waals surface area contributed by atoms with Crippen molar-refractivity contribution in [1.82, 2.24) is 24.7 Å². The summed E-state index contributed by atoms with van der Waals surface area (Å²) >= 11 is -1.65. The van der Waals surface area contributed by atoms with Gasteiger partial charge in [-0.15, -0.1) is 10.2 Å². The molecule has 0 fully saturated rings. The predicted molar refractivity (Wildman–Crippen MR) is 129 cm³/mol. The molecule has 0 saturated heterocycles. The number of ether oxygens (including phenoxy) is 2. The Hall–Kier alpha value is -3.64. The van der Waals surface area contributed by atoms with E-state index in [1.54, 1.807) is 35.8 Å². The molecule has 10 nitrogen and oxygen atoms in total. The molecule has 0 aliphatic carbocycles. The number of benzene rings is 1. The summed E-state index contributed by atoms with van der Waals surface area (Å²) in [6, 6.07) is 8.92. The molecule has 184 valence electrons. The van der Waals surface area contributed by atoms with Crippen molar-refractivity contribution in [3.8, 4) is 28.8 Å². The molecule has 4 rings (SSSR count). The van der Waals surface area contributed by atoms with E-state index in [-0.39, 0.29) is 11.9 Å². The van der Waals surface area contributed by atoms with E-state index in [2.05, 4.69) is 24.9 Å². The summed E-state index contributed by atoms with van der Waals surface area (Å²) in [5, 5.41) is 8.09. The summed E-state index contributed by atoms with van der Waals surface area (Å²) in [5.74, 6) is 2.20. The fraction of sp³-hybridized carbons (Fsp3) is 0.304. The third-order valence-electron chi connectivity index (χ3n) is 5.53. The van der Waals surface area contributed by atoms with Crippen LogP contribution in [0, 0.1) is 12.7 Å². The van der Waals surface area contributed by atoms with Crippen LogP contribution in [0.5, 0.6) is 11.5 Å². The molecule has 12 heteroatoms. The van der Waals surface area contributed by atoms with Gasteiger partial charge in [0.15, 0.2) is 11.6 Å². The largest absolute Gasteiger partial charge is 0.593 e. The Morgan fingerprint density at radius 1 is 1.06 bits per heavy atom. The quantitative estimate of drug-likeness (QED) is 0.339. The first-order valence-electron chi connectivity index (χ1n) is 10.7. The van der Waals surface area contributed by atoms with Gasteiger partial charge in [0.05, 0.1) is 43.9 Å². The highest BCUT2D eigenvalue weighted by Crippen LogP contribution is 2.38. The van der Waals surface area contributed by atoms with Crippen LogP contribution in [-0.4, -0.2) is 48.8 Å². The van der Waals surface area contributed by atoms with Gasteiger partial charge in [0.1, 0.15) is 34.0 Å². The maximum absolute atomic E-state index is 13.3. The lowest BCUT2D eigenvalue weighted by Crippen LogP contribution is -2.31. The van der Waals surface area contributed by atoms with Crippen LogP contribution < -0.4 is 14.2 Å². The number of nitrogens with one attached hydrogen (secondary N) is 1. The van der Waals surface area contributed by atoms with Crippen LogP contribution in [0.25, 0.3) is 17.3 Å². The van der Waals surface area contributed by atoms with Gasteiger partial charge < -0.3 is 18.4 Å². The summed E-state index contributed by atoms with van der Waals surface area (Å²) in [6.07, 6.45) is 2.17. The van der Waals surface area contributed by atoms with Gasteiger partial charge in [-0.05, 0) is 38.1 Å². The zero-order valence-corrected chi connectivity index (χ0v) is 20.7. The molecule has 0 radical (unpaired) electrons. The number of halogens is 1. The Bertz CT molecular complexity index is 1270. The Balaban J connectivity index is 1.75. The minimum atomic E-state index is -1.65. The Kier molecular flexibility index (Phi) is 7.22. The minimum absolute atomic E-state index is 0.189. The fourth-order valence-corrected chi connectivity index (χ4v) is 4.45. The number of hydrogen-bond donors (Lipinski definition) is 1. The van der Waals surface area contributed by atoms with Crippen LogP contribution in [0.1, 0.15) is 31.4 Å². The first-order chi connectivity index (χ1) is 16.8. The van der Waals surface area contributed by atoms with Gasteiger partial charge in [-0.25, -0.2) is 18.9 Å². The summed E-state index contributed by atoms with van der Waals surface area (Å²) in [5.41, 5.74) is 0.508. The second-order valence-electron chi connectivity index (χ2n) is 7.76. The number of aromatic nitrogens is 5. The molecule has 3 atom stereocenters. The van der Waals surface area contributed by atoms with Crippen molar-refractivity contribution in [2.45, 2.75) is 31.9 Å². The van der Waals surface area contributed by atoms with E-state index in [4.69, 9.17) is 13.9 Å². The summed E-state index contributed by atoms with van der Waals surface area (Å²) in [6.45, 7) is 5.42. The van der Waals surface area contributed by atoms with Gasteiger partial charge in [0, 0.05) is 0 Å². The SMILES string of the molecule is COc1cccc(OC)c1-n1c(N[S+]([O-])C(C)C(C)c2ncc(F)cn2)nnc1-c1ccc(C)o1. The van der Waals surface area contributed by atoms with Gasteiger partial charge in [-0.2, -0.15) is 4.72 Å². The monoisotopic (exact) mass is 500 g/mol. The van der Waals surface area contributed by atoms with E-state index in [1.165, 1.54) is 14.2 Å². The smallest absolute Gasteiger partial charge is 0.271 e. The van der Waals surface area contributed by atoms with Gasteiger partial charge in [0.2, 0.25) is 5.82 Å². The van der Waals surface area contributed by atoms with Crippen LogP contribution in [0.15, 0.2) is 47.1 Å². The maximum Gasteiger partial charge on any atom is 0.271 e. The molecule has 0 amide bonds. The standard InChI is InChI=1S/C23H25FN6O4S/c1-13-9-10-19(34-13)22-27-28-23(30(22)20-17(32-4)7-6-8-18(20)33-5)29-35(31)15(3)14(2)21-25-11-16(24)12-26-21/h6-12,14-15H,1-5H3,(H,28,29). The molecule has 1 N–H and O–H groups in total. The van der Waals surface area contributed by atoms with Crippen LogP contribution in [-0.2, 0) is 11.4 Å². The third-order valence-corrected chi connectivity index (χ3v) is 7.00. The van der Waals surface area contributed by atoms with Crippen molar-refractivity contribution in [1.29, 1.82) is 0 Å². The number of furan rings is 1. The van der Waals surface area contributed by atoms with Crippen LogP contribution in [0.4, 0.5) is 10.3 Å². The molecule has 4 aromatic rings. The van der Waals surface area contributed by atoms with Gasteiger partial charge >= 0.3 is 0 Å². The van der Waals surface area contributed by atoms with Gasteiger partial charge in [-0.1, -0.05) is 13.0 Å². The molecule has 0 saturated carbocycles. The molecular weight excluding hydrogens is 475 g/mol. The lowest BCUT2D eigenvalue weighted by molar-refractivity contribution is 0.391. The van der Waals surface area contributed by atoms with Gasteiger partial charge in [0.25, 0.3) is 5.95 Å². The third kappa shape index (κ3) is 4.93. The predicted octanol–water partition coefficient (Wildman–Crippen LogP) is 4.05. The molecule has 0 aliphatic heterocycles. The average molecular weight is 501 g/mol. The van der Waals surface area contributed by atoms with Crippen molar-refractivity contribution in [3.63, 3.8) is 0 Å². The normalized spacial score (nSPS) is 13.8. The van der Waals surface area contributed by atoms with E-state index in [9.17, 15) is 8.94 Å². The molecule has 35 heavy (non-hydrogen) atoms. The zero-order valence-electron chi connectivity index (χ0n) is 19.9. The minimum Gasteiger partial charge on any atom is -0.593 e. The molecule has 3 unspecified atom stereocenters. The maximum atomic E-state index is 13.3. The highest BCUT2D eigenvalue weighted by molar-refractivity contribution is 7.93. The first-order valence-corrected chi connectivity index (χ1v) is 11.9. The molecule has 3 aromatic heterocycles. The molecule has 0 bridgehead atoms.